The van der Waals surface area contributed by atoms with Gasteiger partial charge in [-0.25, -0.2) is 0 Å². The predicted octanol–water partition coefficient (Wildman–Crippen LogP) is 0.751. The second-order valence-electron chi connectivity index (χ2n) is 4.78. The molecular weight excluding hydrogens is 174 g/mol. The van der Waals surface area contributed by atoms with Gasteiger partial charge in [0.1, 0.15) is 0 Å². The smallest absolute Gasteiger partial charge is 0.0151 e. The fraction of sp³-hybridized carbons (Fsp3) is 1.00. The van der Waals surface area contributed by atoms with Gasteiger partial charge in [0.05, 0.1) is 0 Å². The Balaban J connectivity index is 2.35. The number of nitrogens with zero attached hydrogens (tertiary/aromatic N) is 2. The third kappa shape index (κ3) is 2.94. The molecule has 84 valence electrons. The number of rotatable bonds is 4. The SMILES string of the molecule is CCC(C)(C)N1CCN(CCN)CC1. The molecule has 0 aromatic heterocycles. The van der Waals surface area contributed by atoms with Crippen molar-refractivity contribution in [3.8, 4) is 0 Å². The van der Waals surface area contributed by atoms with Crippen molar-refractivity contribution in [1.29, 1.82) is 0 Å². The second-order valence-corrected chi connectivity index (χ2v) is 4.78. The lowest BCUT2D eigenvalue weighted by atomic mass is 9.98. The molecule has 14 heavy (non-hydrogen) atoms. The summed E-state index contributed by atoms with van der Waals surface area (Å²) in [4.78, 5) is 5.06. The van der Waals surface area contributed by atoms with Crippen LogP contribution in [0.4, 0.5) is 0 Å². The predicted molar refractivity (Wildman–Crippen MR) is 61.4 cm³/mol. The Morgan fingerprint density at radius 2 is 1.71 bits per heavy atom. The van der Waals surface area contributed by atoms with Crippen LogP contribution < -0.4 is 5.73 Å². The van der Waals surface area contributed by atoms with Gasteiger partial charge in [-0.15, -0.1) is 0 Å². The standard InChI is InChI=1S/C11H25N3/c1-4-11(2,3)14-9-7-13(6-5-12)8-10-14/h4-10,12H2,1-3H3. The molecule has 1 aliphatic heterocycles. The summed E-state index contributed by atoms with van der Waals surface area (Å²) >= 11 is 0. The largest absolute Gasteiger partial charge is 0.329 e. The minimum atomic E-state index is 0.370. The molecule has 1 rings (SSSR count). The maximum Gasteiger partial charge on any atom is 0.0151 e. The monoisotopic (exact) mass is 199 g/mol. The van der Waals surface area contributed by atoms with Gasteiger partial charge in [0.25, 0.3) is 0 Å². The first-order chi connectivity index (χ1) is 6.60. The highest BCUT2D eigenvalue weighted by atomic mass is 15.3. The van der Waals surface area contributed by atoms with Gasteiger partial charge in [-0.05, 0) is 20.3 Å². The maximum absolute atomic E-state index is 5.55. The fourth-order valence-electron chi connectivity index (χ4n) is 1.98. The minimum absolute atomic E-state index is 0.370. The number of piperazine rings is 1. The van der Waals surface area contributed by atoms with Crippen LogP contribution in [0.5, 0.6) is 0 Å². The van der Waals surface area contributed by atoms with Gasteiger partial charge in [0.2, 0.25) is 0 Å². The molecule has 1 aliphatic rings. The summed E-state index contributed by atoms with van der Waals surface area (Å²) in [5, 5.41) is 0. The Morgan fingerprint density at radius 1 is 1.14 bits per heavy atom. The van der Waals surface area contributed by atoms with Crippen molar-refractivity contribution in [1.82, 2.24) is 9.80 Å². The summed E-state index contributed by atoms with van der Waals surface area (Å²) in [6.45, 7) is 13.5. The molecule has 2 N–H and O–H groups in total. The Kier molecular flexibility index (Phi) is 4.35. The van der Waals surface area contributed by atoms with E-state index in [0.29, 0.717) is 5.54 Å². The van der Waals surface area contributed by atoms with E-state index < -0.39 is 0 Å². The van der Waals surface area contributed by atoms with Crippen molar-refractivity contribution in [2.45, 2.75) is 32.7 Å². The first kappa shape index (κ1) is 12.0. The lowest BCUT2D eigenvalue weighted by Crippen LogP contribution is -2.54. The van der Waals surface area contributed by atoms with Crippen LogP contribution in [0.2, 0.25) is 0 Å². The van der Waals surface area contributed by atoms with Crippen LogP contribution in [0.1, 0.15) is 27.2 Å². The van der Waals surface area contributed by atoms with E-state index in [1.807, 2.05) is 0 Å². The lowest BCUT2D eigenvalue weighted by molar-refractivity contribution is 0.0513. The van der Waals surface area contributed by atoms with E-state index in [4.69, 9.17) is 5.73 Å². The first-order valence-electron chi connectivity index (χ1n) is 5.77. The topological polar surface area (TPSA) is 32.5 Å². The molecule has 3 heteroatoms. The maximum atomic E-state index is 5.55. The van der Waals surface area contributed by atoms with Crippen LogP contribution in [0.3, 0.4) is 0 Å². The zero-order valence-electron chi connectivity index (χ0n) is 9.92. The van der Waals surface area contributed by atoms with Gasteiger partial charge in [0.15, 0.2) is 0 Å². The van der Waals surface area contributed by atoms with Crippen molar-refractivity contribution in [2.75, 3.05) is 39.3 Å². The molecule has 0 atom stereocenters. The zero-order valence-corrected chi connectivity index (χ0v) is 9.92. The summed E-state index contributed by atoms with van der Waals surface area (Å²) < 4.78 is 0. The van der Waals surface area contributed by atoms with Crippen molar-refractivity contribution >= 4 is 0 Å². The highest BCUT2D eigenvalue weighted by Gasteiger charge is 2.27. The van der Waals surface area contributed by atoms with Crippen LogP contribution in [0.15, 0.2) is 0 Å². The lowest BCUT2D eigenvalue weighted by Gasteiger charge is -2.43. The molecule has 1 saturated heterocycles. The molecule has 0 aliphatic carbocycles. The van der Waals surface area contributed by atoms with Gasteiger partial charge < -0.3 is 5.73 Å². The average Bonchev–Trinajstić information content (AvgIpc) is 2.19. The van der Waals surface area contributed by atoms with Gasteiger partial charge in [0, 0.05) is 44.8 Å². The van der Waals surface area contributed by atoms with Gasteiger partial charge in [-0.1, -0.05) is 6.92 Å². The molecular formula is C11H25N3. The Hall–Kier alpha value is -0.120. The second kappa shape index (κ2) is 5.10. The molecule has 0 unspecified atom stereocenters. The van der Waals surface area contributed by atoms with Crippen LogP contribution in [0, 0.1) is 0 Å². The van der Waals surface area contributed by atoms with E-state index in [0.717, 1.165) is 13.1 Å². The van der Waals surface area contributed by atoms with E-state index in [-0.39, 0.29) is 0 Å². The average molecular weight is 199 g/mol. The van der Waals surface area contributed by atoms with Crippen molar-refractivity contribution in [3.05, 3.63) is 0 Å². The Morgan fingerprint density at radius 3 is 2.14 bits per heavy atom. The quantitative estimate of drug-likeness (QED) is 0.725. The summed E-state index contributed by atoms with van der Waals surface area (Å²) in [7, 11) is 0. The summed E-state index contributed by atoms with van der Waals surface area (Å²) in [6, 6.07) is 0. The van der Waals surface area contributed by atoms with Crippen LogP contribution >= 0.6 is 0 Å². The molecule has 1 fully saturated rings. The van der Waals surface area contributed by atoms with Gasteiger partial charge in [-0.3, -0.25) is 9.80 Å². The van der Waals surface area contributed by atoms with Crippen LogP contribution in [-0.4, -0.2) is 54.6 Å². The Bertz CT molecular complexity index is 160. The van der Waals surface area contributed by atoms with E-state index in [2.05, 4.69) is 30.6 Å². The highest BCUT2D eigenvalue weighted by molar-refractivity contribution is 4.84. The molecule has 0 saturated carbocycles. The molecule has 0 aromatic carbocycles. The molecule has 0 bridgehead atoms. The van der Waals surface area contributed by atoms with E-state index >= 15 is 0 Å². The fourth-order valence-corrected chi connectivity index (χ4v) is 1.98. The molecule has 3 nitrogen and oxygen atoms in total. The Labute approximate surface area is 88.2 Å². The molecule has 0 aromatic rings. The van der Waals surface area contributed by atoms with E-state index in [1.54, 1.807) is 0 Å². The molecule has 0 spiro atoms. The first-order valence-corrected chi connectivity index (χ1v) is 5.77. The van der Waals surface area contributed by atoms with Gasteiger partial charge in [-0.2, -0.15) is 0 Å². The van der Waals surface area contributed by atoms with E-state index in [1.165, 1.54) is 32.6 Å². The number of hydrogen-bond acceptors (Lipinski definition) is 3. The van der Waals surface area contributed by atoms with E-state index in [9.17, 15) is 0 Å². The summed E-state index contributed by atoms with van der Waals surface area (Å²) in [5.74, 6) is 0. The number of nitrogens with two attached hydrogens (primary N) is 1. The third-order valence-electron chi connectivity index (χ3n) is 3.54. The molecule has 1 heterocycles. The van der Waals surface area contributed by atoms with Crippen molar-refractivity contribution in [3.63, 3.8) is 0 Å². The normalized spacial score (nSPS) is 21.4. The third-order valence-corrected chi connectivity index (χ3v) is 3.54. The zero-order chi connectivity index (χ0) is 10.6. The van der Waals surface area contributed by atoms with Crippen molar-refractivity contribution < 1.29 is 0 Å². The van der Waals surface area contributed by atoms with Crippen molar-refractivity contribution in [2.24, 2.45) is 5.73 Å². The van der Waals surface area contributed by atoms with Crippen LogP contribution in [-0.2, 0) is 0 Å². The van der Waals surface area contributed by atoms with Gasteiger partial charge >= 0.3 is 0 Å². The summed E-state index contributed by atoms with van der Waals surface area (Å²) in [5.41, 5.74) is 5.92. The number of hydrogen-bond donors (Lipinski definition) is 1. The summed E-state index contributed by atoms with van der Waals surface area (Å²) in [6.07, 6.45) is 1.23. The molecule has 0 amide bonds. The van der Waals surface area contributed by atoms with Crippen LogP contribution in [0.25, 0.3) is 0 Å². The molecule has 0 radical (unpaired) electrons. The minimum Gasteiger partial charge on any atom is -0.329 e. The highest BCUT2D eigenvalue weighted by Crippen LogP contribution is 2.19.